The highest BCUT2D eigenvalue weighted by Crippen LogP contribution is 2.36. The van der Waals surface area contributed by atoms with Crippen molar-refractivity contribution in [3.8, 4) is 0 Å². The summed E-state index contributed by atoms with van der Waals surface area (Å²) in [7, 11) is 0. The van der Waals surface area contributed by atoms with Crippen molar-refractivity contribution >= 4 is 39.2 Å². The fourth-order valence-corrected chi connectivity index (χ4v) is 3.44. The molecule has 0 aliphatic rings. The molecule has 1 unspecified atom stereocenters. The van der Waals surface area contributed by atoms with Gasteiger partial charge < -0.3 is 0 Å². The molecule has 0 aromatic carbocycles. The SMILES string of the molecule is CCCCCCCCCCCC(C)[Si](Cl)(Cl)Cl. The van der Waals surface area contributed by atoms with Gasteiger partial charge in [0.25, 0.3) is 0 Å². The highest BCUT2D eigenvalue weighted by Gasteiger charge is 2.32. The molecule has 0 spiro atoms. The van der Waals surface area contributed by atoms with E-state index in [0.29, 0.717) is 5.54 Å². The van der Waals surface area contributed by atoms with Crippen LogP contribution in [0.25, 0.3) is 0 Å². The molecule has 1 atom stereocenters. The van der Waals surface area contributed by atoms with Crippen LogP contribution in [-0.2, 0) is 0 Å². The van der Waals surface area contributed by atoms with Crippen molar-refractivity contribution in [3.05, 3.63) is 0 Å². The zero-order valence-corrected chi connectivity index (χ0v) is 14.6. The van der Waals surface area contributed by atoms with Crippen molar-refractivity contribution in [1.29, 1.82) is 0 Å². The maximum Gasteiger partial charge on any atom is 0.344 e. The quantitative estimate of drug-likeness (QED) is 0.220. The second kappa shape index (κ2) is 11.0. The minimum absolute atomic E-state index is 0.303. The molecule has 0 aliphatic heterocycles. The summed E-state index contributed by atoms with van der Waals surface area (Å²) in [6.45, 7) is 4.33. The van der Waals surface area contributed by atoms with Crippen LogP contribution in [0.3, 0.4) is 0 Å². The van der Waals surface area contributed by atoms with E-state index in [-0.39, 0.29) is 0 Å². The van der Waals surface area contributed by atoms with Gasteiger partial charge in [-0.3, -0.25) is 0 Å². The Balaban J connectivity index is 3.19. The third-order valence-corrected chi connectivity index (χ3v) is 8.06. The number of halogens is 3. The first-order valence-electron chi connectivity index (χ1n) is 7.05. The third kappa shape index (κ3) is 11.9. The van der Waals surface area contributed by atoms with Gasteiger partial charge in [-0.2, -0.15) is 0 Å². The van der Waals surface area contributed by atoms with Crippen LogP contribution in [0, 0.1) is 0 Å². The van der Waals surface area contributed by atoms with Gasteiger partial charge in [0, 0.05) is 0 Å². The van der Waals surface area contributed by atoms with Crippen LogP contribution in [0.15, 0.2) is 0 Å². The number of hydrogen-bond acceptors (Lipinski definition) is 0. The second-order valence-corrected chi connectivity index (χ2v) is 14.2. The van der Waals surface area contributed by atoms with E-state index in [2.05, 4.69) is 13.8 Å². The van der Waals surface area contributed by atoms with E-state index in [0.717, 1.165) is 6.42 Å². The predicted molar refractivity (Wildman–Crippen MR) is 84.6 cm³/mol. The van der Waals surface area contributed by atoms with E-state index in [1.165, 1.54) is 57.8 Å². The van der Waals surface area contributed by atoms with E-state index in [4.69, 9.17) is 33.2 Å². The van der Waals surface area contributed by atoms with Gasteiger partial charge in [-0.15, -0.1) is 33.2 Å². The topological polar surface area (TPSA) is 0 Å². The normalized spacial score (nSPS) is 13.9. The Hall–Kier alpha value is 1.09. The fraction of sp³-hybridized carbons (Fsp3) is 1.00. The third-order valence-electron chi connectivity index (χ3n) is 3.30. The summed E-state index contributed by atoms with van der Waals surface area (Å²) in [4.78, 5) is 0. The molecule has 0 N–H and O–H groups in total. The lowest BCUT2D eigenvalue weighted by molar-refractivity contribution is 0.553. The summed E-state index contributed by atoms with van der Waals surface area (Å²) in [5, 5.41) is 0. The molecule has 4 heteroatoms. The predicted octanol–water partition coefficient (Wildman–Crippen LogP) is 6.95. The van der Waals surface area contributed by atoms with Crippen LogP contribution in [-0.4, -0.2) is 6.00 Å². The average molecular weight is 318 g/mol. The smallest absolute Gasteiger partial charge is 0.126 e. The Kier molecular flexibility index (Phi) is 11.7. The largest absolute Gasteiger partial charge is 0.344 e. The molecule has 0 amide bonds. The van der Waals surface area contributed by atoms with Crippen molar-refractivity contribution in [1.82, 2.24) is 0 Å². The van der Waals surface area contributed by atoms with Gasteiger partial charge in [-0.1, -0.05) is 71.6 Å². The summed E-state index contributed by atoms with van der Waals surface area (Å²) < 4.78 is 0. The molecule has 0 aromatic heterocycles. The first-order valence-corrected chi connectivity index (χ1v) is 12.2. The molecule has 0 nitrogen and oxygen atoms in total. The number of hydrogen-bond donors (Lipinski definition) is 0. The minimum atomic E-state index is -2.43. The van der Waals surface area contributed by atoms with Crippen LogP contribution >= 0.6 is 33.2 Å². The van der Waals surface area contributed by atoms with E-state index in [9.17, 15) is 0 Å². The lowest BCUT2D eigenvalue weighted by Gasteiger charge is -2.16. The Bertz CT molecular complexity index is 169. The average Bonchev–Trinajstić information content (AvgIpc) is 2.25. The monoisotopic (exact) mass is 316 g/mol. The first kappa shape index (κ1) is 18.1. The lowest BCUT2D eigenvalue weighted by Crippen LogP contribution is -2.16. The molecule has 0 saturated heterocycles. The zero-order valence-electron chi connectivity index (χ0n) is 11.3. The molecular weight excluding hydrogens is 291 g/mol. The van der Waals surface area contributed by atoms with Gasteiger partial charge in [0.1, 0.15) is 0 Å². The summed E-state index contributed by atoms with van der Waals surface area (Å²) in [5.74, 6) is 0. The molecule has 0 bridgehead atoms. The summed E-state index contributed by atoms with van der Waals surface area (Å²) in [6, 6.07) is -2.43. The molecular formula is C13H27Cl3Si. The molecule has 17 heavy (non-hydrogen) atoms. The Morgan fingerprint density at radius 1 is 0.765 bits per heavy atom. The summed E-state index contributed by atoms with van der Waals surface area (Å²) in [6.07, 6.45) is 13.3. The van der Waals surface area contributed by atoms with Gasteiger partial charge in [-0.25, -0.2) is 0 Å². The standard InChI is InChI=1S/C13H27Cl3Si/c1-3-4-5-6-7-8-9-10-11-12-13(2)17(14,15)16/h13H,3-12H2,1-2H3. The Morgan fingerprint density at radius 2 is 1.18 bits per heavy atom. The highest BCUT2D eigenvalue weighted by atomic mass is 35.8. The summed E-state index contributed by atoms with van der Waals surface area (Å²) >= 11 is 17.9. The van der Waals surface area contributed by atoms with Crippen molar-refractivity contribution < 1.29 is 0 Å². The van der Waals surface area contributed by atoms with Crippen LogP contribution in [0.2, 0.25) is 5.54 Å². The Labute approximate surface area is 123 Å². The summed E-state index contributed by atoms with van der Waals surface area (Å²) in [5.41, 5.74) is 0.303. The van der Waals surface area contributed by atoms with Crippen LogP contribution in [0.1, 0.15) is 78.1 Å². The Morgan fingerprint density at radius 3 is 1.59 bits per heavy atom. The van der Waals surface area contributed by atoms with E-state index in [1.807, 2.05) is 0 Å². The number of unbranched alkanes of at least 4 members (excludes halogenated alkanes) is 8. The van der Waals surface area contributed by atoms with E-state index < -0.39 is 6.00 Å². The van der Waals surface area contributed by atoms with Gasteiger partial charge in [-0.05, 0) is 12.0 Å². The van der Waals surface area contributed by atoms with Crippen molar-refractivity contribution in [2.45, 2.75) is 83.6 Å². The lowest BCUT2D eigenvalue weighted by atomic mass is 10.1. The van der Waals surface area contributed by atoms with Crippen molar-refractivity contribution in [2.75, 3.05) is 0 Å². The first-order chi connectivity index (χ1) is 7.98. The van der Waals surface area contributed by atoms with Gasteiger partial charge >= 0.3 is 6.00 Å². The zero-order chi connectivity index (χ0) is 13.1. The molecule has 0 heterocycles. The van der Waals surface area contributed by atoms with E-state index >= 15 is 0 Å². The maximum atomic E-state index is 5.96. The molecule has 0 aromatic rings. The molecule has 0 aliphatic carbocycles. The molecule has 0 radical (unpaired) electrons. The van der Waals surface area contributed by atoms with E-state index in [1.54, 1.807) is 0 Å². The maximum absolute atomic E-state index is 5.96. The van der Waals surface area contributed by atoms with Gasteiger partial charge in [0.05, 0.1) is 0 Å². The molecule has 104 valence electrons. The van der Waals surface area contributed by atoms with Gasteiger partial charge in [0.15, 0.2) is 0 Å². The van der Waals surface area contributed by atoms with Crippen molar-refractivity contribution in [2.24, 2.45) is 0 Å². The number of rotatable bonds is 11. The van der Waals surface area contributed by atoms with Crippen LogP contribution in [0.5, 0.6) is 0 Å². The van der Waals surface area contributed by atoms with Crippen LogP contribution < -0.4 is 0 Å². The van der Waals surface area contributed by atoms with Crippen molar-refractivity contribution in [3.63, 3.8) is 0 Å². The highest BCUT2D eigenvalue weighted by molar-refractivity contribution is 7.65. The molecule has 0 rings (SSSR count). The van der Waals surface area contributed by atoms with Crippen LogP contribution in [0.4, 0.5) is 0 Å². The fourth-order valence-electron chi connectivity index (χ4n) is 1.92. The minimum Gasteiger partial charge on any atom is -0.126 e. The molecule has 0 fully saturated rings. The second-order valence-electron chi connectivity index (χ2n) is 5.06. The van der Waals surface area contributed by atoms with Gasteiger partial charge in [0.2, 0.25) is 0 Å². The molecule has 0 saturated carbocycles.